The first kappa shape index (κ1) is 11.0. The minimum Gasteiger partial charge on any atom is -0.0628 e. The maximum atomic E-state index is 2.28. The van der Waals surface area contributed by atoms with Gasteiger partial charge in [-0.1, -0.05) is 62.8 Å². The third-order valence-electron chi connectivity index (χ3n) is 2.31. The summed E-state index contributed by atoms with van der Waals surface area (Å²) in [6, 6.07) is 0. The third kappa shape index (κ3) is 4.86. The lowest BCUT2D eigenvalue weighted by atomic mass is 10.0. The summed E-state index contributed by atoms with van der Waals surface area (Å²) in [7, 11) is 0. The molecule has 0 nitrogen and oxygen atoms in total. The Hall–Kier alpha value is -1.04. The zero-order valence-electron chi connectivity index (χ0n) is 9.24. The fraction of sp³-hybridized carbons (Fsp3) is 0.429. The minimum atomic E-state index is 0.823. The maximum Gasteiger partial charge on any atom is -0.0279 e. The molecule has 76 valence electrons. The second-order valence-corrected chi connectivity index (χ2v) is 4.16. The Labute approximate surface area is 87.7 Å². The van der Waals surface area contributed by atoms with Gasteiger partial charge in [-0.15, -0.1) is 0 Å². The van der Waals surface area contributed by atoms with E-state index < -0.39 is 0 Å². The van der Waals surface area contributed by atoms with Crippen molar-refractivity contribution < 1.29 is 0 Å². The molecular formula is C14H20. The van der Waals surface area contributed by atoms with Gasteiger partial charge in [0.2, 0.25) is 0 Å². The first-order chi connectivity index (χ1) is 6.79. The molecule has 1 aliphatic carbocycles. The molecule has 0 aromatic heterocycles. The van der Waals surface area contributed by atoms with Crippen molar-refractivity contribution in [1.82, 2.24) is 0 Å². The van der Waals surface area contributed by atoms with Crippen molar-refractivity contribution in [3.63, 3.8) is 0 Å². The molecule has 0 N–H and O–H groups in total. The fourth-order valence-corrected chi connectivity index (χ4v) is 1.49. The molecule has 0 saturated heterocycles. The van der Waals surface area contributed by atoms with Crippen molar-refractivity contribution >= 4 is 0 Å². The molecule has 0 fully saturated rings. The van der Waals surface area contributed by atoms with E-state index >= 15 is 0 Å². The first-order valence-electron chi connectivity index (χ1n) is 5.49. The average Bonchev–Trinajstić information content (AvgIpc) is 2.07. The first-order valence-corrected chi connectivity index (χ1v) is 5.49. The van der Waals surface area contributed by atoms with Crippen molar-refractivity contribution in [2.75, 3.05) is 0 Å². The summed E-state index contributed by atoms with van der Waals surface area (Å²) in [6.07, 6.45) is 18.7. The van der Waals surface area contributed by atoms with Crippen LogP contribution in [-0.2, 0) is 0 Å². The van der Waals surface area contributed by atoms with E-state index in [2.05, 4.69) is 56.4 Å². The second-order valence-electron chi connectivity index (χ2n) is 4.16. The summed E-state index contributed by atoms with van der Waals surface area (Å²) in [6.45, 7) is 4.57. The van der Waals surface area contributed by atoms with Crippen molar-refractivity contribution in [1.29, 1.82) is 0 Å². The van der Waals surface area contributed by atoms with Crippen molar-refractivity contribution in [2.45, 2.75) is 33.1 Å². The summed E-state index contributed by atoms with van der Waals surface area (Å²) in [4.78, 5) is 0. The molecule has 0 amide bonds. The van der Waals surface area contributed by atoms with Gasteiger partial charge in [0.15, 0.2) is 0 Å². The third-order valence-corrected chi connectivity index (χ3v) is 2.31. The summed E-state index contributed by atoms with van der Waals surface area (Å²) in [5.41, 5.74) is 1.44. The van der Waals surface area contributed by atoms with Gasteiger partial charge in [0.05, 0.1) is 0 Å². The molecule has 0 unspecified atom stereocenters. The Morgan fingerprint density at radius 2 is 1.71 bits per heavy atom. The normalized spacial score (nSPS) is 26.1. The molecular weight excluding hydrogens is 168 g/mol. The summed E-state index contributed by atoms with van der Waals surface area (Å²) in [5, 5.41) is 0. The molecule has 0 heterocycles. The Morgan fingerprint density at radius 3 is 2.50 bits per heavy atom. The molecule has 0 aliphatic heterocycles. The Bertz CT molecular complexity index is 262. The van der Waals surface area contributed by atoms with E-state index in [0.717, 1.165) is 5.92 Å². The predicted molar refractivity (Wildman–Crippen MR) is 64.2 cm³/mol. The van der Waals surface area contributed by atoms with Crippen LogP contribution in [0.2, 0.25) is 0 Å². The molecule has 0 saturated carbocycles. The Morgan fingerprint density at radius 1 is 1.00 bits per heavy atom. The topological polar surface area (TPSA) is 0 Å². The van der Waals surface area contributed by atoms with Crippen LogP contribution in [0.15, 0.2) is 48.1 Å². The lowest BCUT2D eigenvalue weighted by Gasteiger charge is -2.05. The van der Waals surface area contributed by atoms with Gasteiger partial charge in [0.1, 0.15) is 0 Å². The van der Waals surface area contributed by atoms with E-state index in [-0.39, 0.29) is 0 Å². The zero-order chi connectivity index (χ0) is 10.2. The fourth-order valence-electron chi connectivity index (χ4n) is 1.49. The largest absolute Gasteiger partial charge is 0.0628 e. The molecule has 0 bridgehead atoms. The van der Waals surface area contributed by atoms with E-state index in [9.17, 15) is 0 Å². The highest BCUT2D eigenvalue weighted by atomic mass is 14.0. The Balaban J connectivity index is 2.36. The summed E-state index contributed by atoms with van der Waals surface area (Å²) >= 11 is 0. The van der Waals surface area contributed by atoms with Crippen molar-refractivity contribution in [3.05, 3.63) is 48.1 Å². The molecule has 1 aliphatic rings. The molecule has 1 rings (SSSR count). The molecule has 0 aromatic carbocycles. The van der Waals surface area contributed by atoms with Crippen molar-refractivity contribution in [2.24, 2.45) is 5.92 Å². The summed E-state index contributed by atoms with van der Waals surface area (Å²) in [5.74, 6) is 0.823. The monoisotopic (exact) mass is 188 g/mol. The highest BCUT2D eigenvalue weighted by Crippen LogP contribution is 2.14. The second kappa shape index (κ2) is 6.42. The quantitative estimate of drug-likeness (QED) is 0.612. The van der Waals surface area contributed by atoms with Crippen LogP contribution in [0.25, 0.3) is 0 Å². The van der Waals surface area contributed by atoms with Crippen LogP contribution in [0.3, 0.4) is 0 Å². The molecule has 0 spiro atoms. The van der Waals surface area contributed by atoms with Crippen LogP contribution in [0.1, 0.15) is 33.1 Å². The SMILES string of the molecule is CC(C)CCCC1=C/C=C\C=C/C=C\1. The van der Waals surface area contributed by atoms with E-state index in [1.807, 2.05) is 0 Å². The zero-order valence-corrected chi connectivity index (χ0v) is 9.24. The van der Waals surface area contributed by atoms with Gasteiger partial charge in [0, 0.05) is 0 Å². The van der Waals surface area contributed by atoms with Crippen LogP contribution < -0.4 is 0 Å². The van der Waals surface area contributed by atoms with Crippen molar-refractivity contribution in [3.8, 4) is 0 Å². The minimum absolute atomic E-state index is 0.823. The number of hydrogen-bond acceptors (Lipinski definition) is 0. The average molecular weight is 188 g/mol. The smallest absolute Gasteiger partial charge is 0.0279 e. The maximum absolute atomic E-state index is 2.28. The molecule has 14 heavy (non-hydrogen) atoms. The number of allylic oxidation sites excluding steroid dienone is 8. The number of rotatable bonds is 4. The highest BCUT2D eigenvalue weighted by Gasteiger charge is 1.96. The van der Waals surface area contributed by atoms with E-state index in [1.165, 1.54) is 24.8 Å². The lowest BCUT2D eigenvalue weighted by molar-refractivity contribution is 0.556. The van der Waals surface area contributed by atoms with Gasteiger partial charge in [-0.2, -0.15) is 0 Å². The molecule has 0 heteroatoms. The molecule has 0 aromatic rings. The predicted octanol–water partition coefficient (Wildman–Crippen LogP) is 4.42. The van der Waals surface area contributed by atoms with E-state index in [0.29, 0.717) is 0 Å². The molecule has 0 atom stereocenters. The van der Waals surface area contributed by atoms with Crippen LogP contribution in [0.4, 0.5) is 0 Å². The van der Waals surface area contributed by atoms with Crippen LogP contribution in [0.5, 0.6) is 0 Å². The van der Waals surface area contributed by atoms with Gasteiger partial charge in [-0.05, 0) is 24.3 Å². The van der Waals surface area contributed by atoms with Gasteiger partial charge in [0.25, 0.3) is 0 Å². The van der Waals surface area contributed by atoms with Crippen LogP contribution >= 0.6 is 0 Å². The van der Waals surface area contributed by atoms with E-state index in [1.54, 1.807) is 0 Å². The standard InChI is InChI=1S/C14H20/c1-13(2)9-8-12-14-10-6-4-3-5-7-11-14/h3-7,10-11,13H,8-9,12H2,1-2H3/b4-3-,5-3?,6-4?,7-5-,10-6-,11-7?,14-10?,14-11+. The number of hydrogen-bond donors (Lipinski definition) is 0. The van der Waals surface area contributed by atoms with E-state index in [4.69, 9.17) is 0 Å². The van der Waals surface area contributed by atoms with Crippen LogP contribution in [-0.4, -0.2) is 0 Å². The summed E-state index contributed by atoms with van der Waals surface area (Å²) < 4.78 is 0. The molecule has 0 radical (unpaired) electrons. The van der Waals surface area contributed by atoms with Gasteiger partial charge < -0.3 is 0 Å². The Kier molecular flexibility index (Phi) is 5.06. The van der Waals surface area contributed by atoms with Gasteiger partial charge in [-0.25, -0.2) is 0 Å². The van der Waals surface area contributed by atoms with Gasteiger partial charge >= 0.3 is 0 Å². The van der Waals surface area contributed by atoms with Gasteiger partial charge in [-0.3, -0.25) is 0 Å². The highest BCUT2D eigenvalue weighted by molar-refractivity contribution is 5.30. The lowest BCUT2D eigenvalue weighted by Crippen LogP contribution is -1.88. The van der Waals surface area contributed by atoms with Crippen LogP contribution in [0, 0.1) is 5.92 Å².